The summed E-state index contributed by atoms with van der Waals surface area (Å²) in [4.78, 5) is 12.0. The number of carbonyl (C=O) groups excluding carboxylic acids is 1. The Morgan fingerprint density at radius 1 is 1.47 bits per heavy atom. The highest BCUT2D eigenvalue weighted by atomic mass is 16.4. The zero-order valence-electron chi connectivity index (χ0n) is 11.4. The van der Waals surface area contributed by atoms with Gasteiger partial charge in [0.25, 0.3) is 5.91 Å². The molecule has 104 valence electrons. The molecule has 0 aliphatic heterocycles. The number of benzene rings is 1. The Balaban J connectivity index is 2.72. The quantitative estimate of drug-likeness (QED) is 0.318. The number of amides is 1. The molecule has 1 rings (SSSR count). The minimum atomic E-state index is -0.142. The number of hydrogen-bond acceptors (Lipinski definition) is 3. The first kappa shape index (κ1) is 15.0. The molecule has 0 aromatic heterocycles. The number of rotatable bonds is 6. The van der Waals surface area contributed by atoms with Gasteiger partial charge in [0, 0.05) is 17.2 Å². The van der Waals surface area contributed by atoms with Crippen LogP contribution < -0.4 is 11.1 Å². The van der Waals surface area contributed by atoms with Crippen molar-refractivity contribution in [2.75, 3.05) is 0 Å². The van der Waals surface area contributed by atoms with Gasteiger partial charge in [0.15, 0.2) is 5.84 Å². The summed E-state index contributed by atoms with van der Waals surface area (Å²) in [6.07, 6.45) is 3.16. The molecule has 0 saturated carbocycles. The van der Waals surface area contributed by atoms with Crippen molar-refractivity contribution >= 4 is 11.7 Å². The van der Waals surface area contributed by atoms with E-state index in [0.29, 0.717) is 11.1 Å². The summed E-state index contributed by atoms with van der Waals surface area (Å²) in [6, 6.07) is 6.85. The summed E-state index contributed by atoms with van der Waals surface area (Å²) in [6.45, 7) is 4.11. The molecule has 0 heterocycles. The molecule has 4 N–H and O–H groups in total. The molecule has 19 heavy (non-hydrogen) atoms. The van der Waals surface area contributed by atoms with Gasteiger partial charge in [-0.3, -0.25) is 4.79 Å². The zero-order chi connectivity index (χ0) is 14.3. The van der Waals surface area contributed by atoms with Crippen molar-refractivity contribution < 1.29 is 10.0 Å². The van der Waals surface area contributed by atoms with Gasteiger partial charge in [-0.2, -0.15) is 0 Å². The lowest BCUT2D eigenvalue weighted by Gasteiger charge is -2.13. The number of nitrogens with two attached hydrogens (primary N) is 1. The predicted octanol–water partition coefficient (Wildman–Crippen LogP) is 2.09. The molecule has 1 unspecified atom stereocenters. The van der Waals surface area contributed by atoms with Crippen LogP contribution in [0.15, 0.2) is 29.4 Å². The lowest BCUT2D eigenvalue weighted by atomic mass is 10.1. The lowest BCUT2D eigenvalue weighted by Crippen LogP contribution is -2.32. The second kappa shape index (κ2) is 7.41. The van der Waals surface area contributed by atoms with Gasteiger partial charge in [-0.05, 0) is 25.5 Å². The molecule has 5 nitrogen and oxygen atoms in total. The Morgan fingerprint density at radius 2 is 2.16 bits per heavy atom. The van der Waals surface area contributed by atoms with E-state index in [4.69, 9.17) is 10.9 Å². The molecule has 0 spiro atoms. The van der Waals surface area contributed by atoms with Crippen LogP contribution in [0.25, 0.3) is 0 Å². The summed E-state index contributed by atoms with van der Waals surface area (Å²) in [5.74, 6) is -0.148. The molecular weight excluding hydrogens is 242 g/mol. The molecule has 0 saturated heterocycles. The van der Waals surface area contributed by atoms with Crippen LogP contribution in [0, 0.1) is 0 Å². The molecule has 0 fully saturated rings. The largest absolute Gasteiger partial charge is 0.409 e. The molecule has 0 radical (unpaired) electrons. The number of amidine groups is 1. The Bertz CT molecular complexity index is 458. The van der Waals surface area contributed by atoms with Crippen LogP contribution in [-0.4, -0.2) is 23.0 Å². The first-order chi connectivity index (χ1) is 9.08. The number of nitrogens with one attached hydrogen (secondary N) is 1. The number of oxime groups is 1. The van der Waals surface area contributed by atoms with Crippen molar-refractivity contribution in [1.82, 2.24) is 5.32 Å². The second-order valence-electron chi connectivity index (χ2n) is 4.58. The highest BCUT2D eigenvalue weighted by molar-refractivity contribution is 6.01. The summed E-state index contributed by atoms with van der Waals surface area (Å²) < 4.78 is 0. The normalized spacial score (nSPS) is 13.1. The van der Waals surface area contributed by atoms with Gasteiger partial charge in [0.2, 0.25) is 0 Å². The van der Waals surface area contributed by atoms with Crippen molar-refractivity contribution in [1.29, 1.82) is 0 Å². The third-order valence-corrected chi connectivity index (χ3v) is 2.90. The van der Waals surface area contributed by atoms with Gasteiger partial charge in [-0.1, -0.05) is 37.1 Å². The maximum Gasteiger partial charge on any atom is 0.251 e. The smallest absolute Gasteiger partial charge is 0.251 e. The fourth-order valence-electron chi connectivity index (χ4n) is 1.77. The molecular formula is C14H21N3O2. The van der Waals surface area contributed by atoms with E-state index < -0.39 is 0 Å². The van der Waals surface area contributed by atoms with Gasteiger partial charge in [0.1, 0.15) is 0 Å². The number of nitrogens with zero attached hydrogens (tertiary/aromatic N) is 1. The van der Waals surface area contributed by atoms with Crippen LogP contribution in [0.5, 0.6) is 0 Å². The van der Waals surface area contributed by atoms with Crippen LogP contribution >= 0.6 is 0 Å². The van der Waals surface area contributed by atoms with Crippen molar-refractivity contribution in [2.45, 2.75) is 39.2 Å². The second-order valence-corrected chi connectivity index (χ2v) is 4.58. The number of carbonyl (C=O) groups is 1. The number of unbranched alkanes of at least 4 members (excludes halogenated alkanes) is 1. The Kier molecular flexibility index (Phi) is 5.85. The van der Waals surface area contributed by atoms with E-state index in [1.54, 1.807) is 24.3 Å². The van der Waals surface area contributed by atoms with E-state index in [0.717, 1.165) is 19.3 Å². The van der Waals surface area contributed by atoms with Crippen LogP contribution in [-0.2, 0) is 0 Å². The Labute approximate surface area is 113 Å². The zero-order valence-corrected chi connectivity index (χ0v) is 11.4. The van der Waals surface area contributed by atoms with Crippen molar-refractivity contribution in [3.63, 3.8) is 0 Å². The highest BCUT2D eigenvalue weighted by Crippen LogP contribution is 2.07. The summed E-state index contributed by atoms with van der Waals surface area (Å²) in [5.41, 5.74) is 6.53. The van der Waals surface area contributed by atoms with Gasteiger partial charge in [0.05, 0.1) is 0 Å². The molecule has 1 aromatic carbocycles. The molecule has 5 heteroatoms. The minimum absolute atomic E-state index is 0.00585. The van der Waals surface area contributed by atoms with E-state index in [2.05, 4.69) is 17.4 Å². The monoisotopic (exact) mass is 263 g/mol. The maximum absolute atomic E-state index is 12.0. The third kappa shape index (κ3) is 4.62. The van der Waals surface area contributed by atoms with E-state index in [-0.39, 0.29) is 17.8 Å². The van der Waals surface area contributed by atoms with E-state index >= 15 is 0 Å². The van der Waals surface area contributed by atoms with E-state index in [1.807, 2.05) is 6.92 Å². The van der Waals surface area contributed by atoms with Gasteiger partial charge < -0.3 is 16.3 Å². The summed E-state index contributed by atoms with van der Waals surface area (Å²) in [5, 5.41) is 14.5. The predicted molar refractivity (Wildman–Crippen MR) is 75.4 cm³/mol. The van der Waals surface area contributed by atoms with Crippen molar-refractivity contribution in [2.24, 2.45) is 10.9 Å². The average molecular weight is 263 g/mol. The van der Waals surface area contributed by atoms with Crippen LogP contribution in [0.3, 0.4) is 0 Å². The molecule has 1 aromatic rings. The lowest BCUT2D eigenvalue weighted by molar-refractivity contribution is 0.0938. The van der Waals surface area contributed by atoms with Gasteiger partial charge in [-0.25, -0.2) is 0 Å². The standard InChI is InChI=1S/C14H21N3O2/c1-3-4-6-10(2)16-14(18)12-8-5-7-11(9-12)13(15)17-19/h5,7-10,19H,3-4,6H2,1-2H3,(H2,15,17)(H,16,18). The maximum atomic E-state index is 12.0. The summed E-state index contributed by atoms with van der Waals surface area (Å²) in [7, 11) is 0. The van der Waals surface area contributed by atoms with Gasteiger partial charge >= 0.3 is 0 Å². The Hall–Kier alpha value is -2.04. The first-order valence-electron chi connectivity index (χ1n) is 6.47. The fraction of sp³-hybridized carbons (Fsp3) is 0.429. The number of hydrogen-bond donors (Lipinski definition) is 3. The SMILES string of the molecule is CCCCC(C)NC(=O)c1cccc(C(N)=NO)c1. The van der Waals surface area contributed by atoms with Crippen LogP contribution in [0.4, 0.5) is 0 Å². The van der Waals surface area contributed by atoms with Gasteiger partial charge in [-0.15, -0.1) is 0 Å². The average Bonchev–Trinajstić information content (AvgIpc) is 2.44. The van der Waals surface area contributed by atoms with E-state index in [9.17, 15) is 4.79 Å². The molecule has 0 aliphatic carbocycles. The topological polar surface area (TPSA) is 87.7 Å². The van der Waals surface area contributed by atoms with Crippen molar-refractivity contribution in [3.05, 3.63) is 35.4 Å². The summed E-state index contributed by atoms with van der Waals surface area (Å²) >= 11 is 0. The molecule has 0 aliphatic rings. The van der Waals surface area contributed by atoms with Crippen LogP contribution in [0.2, 0.25) is 0 Å². The Morgan fingerprint density at radius 3 is 2.79 bits per heavy atom. The van der Waals surface area contributed by atoms with E-state index in [1.165, 1.54) is 0 Å². The first-order valence-corrected chi connectivity index (χ1v) is 6.47. The highest BCUT2D eigenvalue weighted by Gasteiger charge is 2.10. The molecule has 1 atom stereocenters. The molecule has 1 amide bonds. The van der Waals surface area contributed by atoms with Crippen LogP contribution in [0.1, 0.15) is 49.0 Å². The third-order valence-electron chi connectivity index (χ3n) is 2.90. The molecule has 0 bridgehead atoms. The van der Waals surface area contributed by atoms with Crippen molar-refractivity contribution in [3.8, 4) is 0 Å². The fourth-order valence-corrected chi connectivity index (χ4v) is 1.77. The minimum Gasteiger partial charge on any atom is -0.409 e.